The molecular weight excluding hydrogens is 451 g/mol. The van der Waals surface area contributed by atoms with Crippen LogP contribution in [0.5, 0.6) is 0 Å². The number of rotatable bonds is 10. The van der Waals surface area contributed by atoms with Crippen LogP contribution in [0.3, 0.4) is 0 Å². The molecule has 0 fully saturated rings. The van der Waals surface area contributed by atoms with E-state index in [0.717, 1.165) is 11.0 Å². The van der Waals surface area contributed by atoms with Crippen LogP contribution in [0.15, 0.2) is 59.5 Å². The molecule has 186 valence electrons. The summed E-state index contributed by atoms with van der Waals surface area (Å²) in [6, 6.07) is 15.3. The summed E-state index contributed by atoms with van der Waals surface area (Å²) in [6.45, 7) is 9.18. The van der Waals surface area contributed by atoms with Gasteiger partial charge in [-0.05, 0) is 50.8 Å². The van der Waals surface area contributed by atoms with Crippen molar-refractivity contribution in [1.29, 1.82) is 0 Å². The van der Waals surface area contributed by atoms with E-state index in [1.54, 1.807) is 45.0 Å². The van der Waals surface area contributed by atoms with Crippen molar-refractivity contribution in [1.82, 2.24) is 9.62 Å². The second kappa shape index (κ2) is 11.9. The second-order valence-electron chi connectivity index (χ2n) is 10.0. The number of carbonyl (C=O) groups is 1. The number of ether oxygens (including phenoxy) is 1. The average Bonchev–Trinajstić information content (AvgIpc) is 2.72. The zero-order chi connectivity index (χ0) is 25.5. The lowest BCUT2D eigenvalue weighted by Gasteiger charge is -2.31. The lowest BCUT2D eigenvalue weighted by atomic mass is 9.97. The summed E-state index contributed by atoms with van der Waals surface area (Å²) in [5.41, 5.74) is 1.16. The maximum atomic E-state index is 13.4. The van der Waals surface area contributed by atoms with E-state index in [4.69, 9.17) is 4.74 Å². The molecule has 34 heavy (non-hydrogen) atoms. The number of nitrogens with one attached hydrogen (secondary N) is 1. The second-order valence-corrected chi connectivity index (χ2v) is 12.0. The van der Waals surface area contributed by atoms with Crippen LogP contribution in [0.1, 0.15) is 40.2 Å². The number of amides is 1. The molecule has 0 aliphatic rings. The molecular formula is C25H37BN2O5S. The smallest absolute Gasteiger partial charge is 0.407 e. The highest BCUT2D eigenvalue weighted by Gasteiger charge is 2.32. The maximum Gasteiger partial charge on any atom is 0.407 e. The molecule has 0 heterocycles. The van der Waals surface area contributed by atoms with Crippen molar-refractivity contribution in [3.05, 3.63) is 60.2 Å². The molecule has 0 aliphatic carbocycles. The summed E-state index contributed by atoms with van der Waals surface area (Å²) >= 11 is 0. The lowest BCUT2D eigenvalue weighted by molar-refractivity contribution is 0.0400. The van der Waals surface area contributed by atoms with Crippen LogP contribution >= 0.6 is 0 Å². The zero-order valence-electron chi connectivity index (χ0n) is 21.0. The van der Waals surface area contributed by atoms with Crippen molar-refractivity contribution in [2.75, 3.05) is 13.1 Å². The molecule has 0 spiro atoms. The lowest BCUT2D eigenvalue weighted by Crippen LogP contribution is -2.52. The van der Waals surface area contributed by atoms with Crippen LogP contribution in [0.2, 0.25) is 0 Å². The van der Waals surface area contributed by atoms with Crippen LogP contribution in [-0.4, -0.2) is 62.6 Å². The first-order valence-corrected chi connectivity index (χ1v) is 13.0. The van der Waals surface area contributed by atoms with E-state index < -0.39 is 33.9 Å². The molecule has 9 heteroatoms. The normalized spacial score (nSPS) is 14.1. The van der Waals surface area contributed by atoms with E-state index in [-0.39, 0.29) is 23.9 Å². The van der Waals surface area contributed by atoms with Gasteiger partial charge in [-0.1, -0.05) is 61.8 Å². The summed E-state index contributed by atoms with van der Waals surface area (Å²) in [4.78, 5) is 12.7. The molecule has 0 saturated carbocycles. The van der Waals surface area contributed by atoms with Gasteiger partial charge in [0.05, 0.1) is 17.0 Å². The van der Waals surface area contributed by atoms with Gasteiger partial charge in [0.2, 0.25) is 10.0 Å². The number of aliphatic hydroxyl groups is 1. The number of sulfonamides is 1. The first kappa shape index (κ1) is 27.9. The Kier molecular flexibility index (Phi) is 9.73. The van der Waals surface area contributed by atoms with Gasteiger partial charge in [-0.2, -0.15) is 4.31 Å². The first-order chi connectivity index (χ1) is 15.8. The number of benzene rings is 2. The van der Waals surface area contributed by atoms with Crippen molar-refractivity contribution in [2.24, 2.45) is 5.92 Å². The van der Waals surface area contributed by atoms with Crippen LogP contribution in [0, 0.1) is 5.92 Å². The summed E-state index contributed by atoms with van der Waals surface area (Å²) in [6.07, 6.45) is -1.50. The molecule has 2 aromatic carbocycles. The van der Waals surface area contributed by atoms with Crippen LogP contribution in [0.25, 0.3) is 0 Å². The van der Waals surface area contributed by atoms with Crippen molar-refractivity contribution >= 4 is 29.4 Å². The Balaban J connectivity index is 2.30. The highest BCUT2D eigenvalue weighted by Crippen LogP contribution is 2.19. The van der Waals surface area contributed by atoms with E-state index in [1.807, 2.05) is 52.0 Å². The zero-order valence-corrected chi connectivity index (χ0v) is 21.8. The van der Waals surface area contributed by atoms with Crippen molar-refractivity contribution in [3.8, 4) is 0 Å². The largest absolute Gasteiger partial charge is 0.444 e. The summed E-state index contributed by atoms with van der Waals surface area (Å²) in [5.74, 6) is 0.0406. The molecule has 0 aliphatic heterocycles. The third-order valence-electron chi connectivity index (χ3n) is 5.08. The summed E-state index contributed by atoms with van der Waals surface area (Å²) in [5, 5.41) is 13.9. The molecule has 0 unspecified atom stereocenters. The standard InChI is InChI=1S/C25H37BN2O5S/c1-18(2)16-28(34(31,32)21-13-11-20(26)12-14-21)17-23(29)22(15-19-9-7-6-8-10-19)27-24(30)33-25(3,4)5/h6-14,18,22-23,29H,15-17,26H2,1-5H3,(H,27,30)/t22-,23+/m0/s1. The molecule has 1 amide bonds. The van der Waals surface area contributed by atoms with E-state index in [2.05, 4.69) is 5.32 Å². The molecule has 0 saturated heterocycles. The van der Waals surface area contributed by atoms with Gasteiger partial charge in [-0.15, -0.1) is 0 Å². The average molecular weight is 488 g/mol. The maximum absolute atomic E-state index is 13.4. The fourth-order valence-corrected chi connectivity index (χ4v) is 5.11. The Hall–Kier alpha value is -2.36. The third kappa shape index (κ3) is 8.78. The number of aliphatic hydroxyl groups excluding tert-OH is 1. The molecule has 0 bridgehead atoms. The molecule has 0 radical (unpaired) electrons. The molecule has 0 aromatic heterocycles. The van der Waals surface area contributed by atoms with Gasteiger partial charge in [0.15, 0.2) is 0 Å². The van der Waals surface area contributed by atoms with Crippen molar-refractivity contribution in [3.63, 3.8) is 0 Å². The minimum absolute atomic E-state index is 0.0406. The Labute approximate surface area is 205 Å². The van der Waals surface area contributed by atoms with Gasteiger partial charge in [-0.25, -0.2) is 13.2 Å². The third-order valence-corrected chi connectivity index (χ3v) is 6.93. The number of nitrogens with zero attached hydrogens (tertiary/aromatic N) is 1. The van der Waals surface area contributed by atoms with Crippen LogP contribution in [0.4, 0.5) is 4.79 Å². The number of alkyl carbamates (subject to hydrolysis) is 1. The quantitative estimate of drug-likeness (QED) is 0.500. The Morgan fingerprint density at radius 1 is 1.06 bits per heavy atom. The Morgan fingerprint density at radius 3 is 2.18 bits per heavy atom. The number of hydrogen-bond acceptors (Lipinski definition) is 5. The highest BCUT2D eigenvalue weighted by atomic mass is 32.2. The SMILES string of the molecule is Bc1ccc(S(=O)(=O)N(CC(C)C)C[C@@H](O)[C@H](Cc2ccccc2)NC(=O)OC(C)(C)C)cc1. The summed E-state index contributed by atoms with van der Waals surface area (Å²) < 4.78 is 33.5. The van der Waals surface area contributed by atoms with Gasteiger partial charge in [0.1, 0.15) is 13.4 Å². The Bertz CT molecular complexity index is 1020. The monoisotopic (exact) mass is 488 g/mol. The van der Waals surface area contributed by atoms with Crippen molar-refractivity contribution < 1.29 is 23.1 Å². The van der Waals surface area contributed by atoms with E-state index >= 15 is 0 Å². The summed E-state index contributed by atoms with van der Waals surface area (Å²) in [7, 11) is -1.95. The Morgan fingerprint density at radius 2 is 1.65 bits per heavy atom. The van der Waals surface area contributed by atoms with Crippen LogP contribution < -0.4 is 10.8 Å². The van der Waals surface area contributed by atoms with E-state index in [9.17, 15) is 18.3 Å². The van der Waals surface area contributed by atoms with Crippen LogP contribution in [-0.2, 0) is 21.2 Å². The van der Waals surface area contributed by atoms with Gasteiger partial charge in [0, 0.05) is 13.1 Å². The molecule has 7 nitrogen and oxygen atoms in total. The molecule has 2 aromatic rings. The minimum atomic E-state index is -3.84. The highest BCUT2D eigenvalue weighted by molar-refractivity contribution is 7.89. The van der Waals surface area contributed by atoms with Gasteiger partial charge in [-0.3, -0.25) is 0 Å². The van der Waals surface area contributed by atoms with E-state index in [1.165, 1.54) is 4.31 Å². The first-order valence-electron chi connectivity index (χ1n) is 11.6. The molecule has 2 rings (SSSR count). The predicted octanol–water partition coefficient (Wildman–Crippen LogP) is 2.09. The van der Waals surface area contributed by atoms with Gasteiger partial charge < -0.3 is 15.2 Å². The molecule has 2 atom stereocenters. The van der Waals surface area contributed by atoms with Gasteiger partial charge in [0.25, 0.3) is 0 Å². The number of hydrogen-bond donors (Lipinski definition) is 2. The minimum Gasteiger partial charge on any atom is -0.444 e. The topological polar surface area (TPSA) is 95.9 Å². The van der Waals surface area contributed by atoms with Crippen molar-refractivity contribution in [2.45, 2.75) is 63.7 Å². The van der Waals surface area contributed by atoms with E-state index in [0.29, 0.717) is 6.42 Å². The predicted molar refractivity (Wildman–Crippen MR) is 138 cm³/mol. The molecule has 2 N–H and O–H groups in total. The van der Waals surface area contributed by atoms with Gasteiger partial charge >= 0.3 is 6.09 Å². The fraction of sp³-hybridized carbons (Fsp3) is 0.480. The number of carbonyl (C=O) groups excluding carboxylic acids is 1. The fourth-order valence-electron chi connectivity index (χ4n) is 3.48.